The number of methoxy groups -OCH3 is 1. The normalized spacial score (nSPS) is 10.1. The van der Waals surface area contributed by atoms with Crippen LogP contribution in [0.1, 0.15) is 16.1 Å². The Kier molecular flexibility index (Phi) is 3.99. The number of benzene rings is 1. The second kappa shape index (κ2) is 5.69. The van der Waals surface area contributed by atoms with Crippen LogP contribution in [0, 0.1) is 6.92 Å². The summed E-state index contributed by atoms with van der Waals surface area (Å²) in [5.41, 5.74) is 1.55. The monoisotopic (exact) mass is 259 g/mol. The Balaban J connectivity index is 2.13. The molecule has 0 aliphatic rings. The topological polar surface area (TPSA) is 39.2 Å². The van der Waals surface area contributed by atoms with Crippen molar-refractivity contribution in [3.8, 4) is 0 Å². The van der Waals surface area contributed by atoms with Crippen molar-refractivity contribution in [1.82, 2.24) is 4.98 Å². The van der Waals surface area contributed by atoms with E-state index in [9.17, 15) is 4.79 Å². The Bertz CT molecular complexity index is 552. The summed E-state index contributed by atoms with van der Waals surface area (Å²) < 4.78 is 4.65. The summed E-state index contributed by atoms with van der Waals surface area (Å²) in [5, 5.41) is 0.945. The summed E-state index contributed by atoms with van der Waals surface area (Å²) in [6, 6.07) is 13.2. The molecule has 4 heteroatoms. The van der Waals surface area contributed by atoms with Gasteiger partial charge >= 0.3 is 5.97 Å². The highest BCUT2D eigenvalue weighted by Crippen LogP contribution is 2.26. The highest BCUT2D eigenvalue weighted by Gasteiger charge is 2.05. The molecule has 2 aromatic rings. The van der Waals surface area contributed by atoms with Gasteiger partial charge in [0.15, 0.2) is 0 Å². The van der Waals surface area contributed by atoms with Gasteiger partial charge in [0.1, 0.15) is 5.03 Å². The van der Waals surface area contributed by atoms with Gasteiger partial charge in [-0.05, 0) is 43.3 Å². The van der Waals surface area contributed by atoms with Crippen LogP contribution in [0.3, 0.4) is 0 Å². The van der Waals surface area contributed by atoms with Crippen LogP contribution in [0.25, 0.3) is 0 Å². The van der Waals surface area contributed by atoms with Gasteiger partial charge in [0.05, 0.1) is 12.7 Å². The summed E-state index contributed by atoms with van der Waals surface area (Å²) in [6.45, 7) is 1.96. The lowest BCUT2D eigenvalue weighted by Gasteiger charge is -2.03. The second-order valence-corrected chi connectivity index (χ2v) is 4.83. The molecule has 0 amide bonds. The molecule has 0 fully saturated rings. The largest absolute Gasteiger partial charge is 0.465 e. The molecule has 1 aromatic heterocycles. The van der Waals surface area contributed by atoms with E-state index in [1.54, 1.807) is 23.9 Å². The molecule has 18 heavy (non-hydrogen) atoms. The fourth-order valence-electron chi connectivity index (χ4n) is 1.47. The summed E-state index contributed by atoms with van der Waals surface area (Å²) in [5.74, 6) is -0.319. The highest BCUT2D eigenvalue weighted by atomic mass is 32.2. The molecule has 0 bridgehead atoms. The van der Waals surface area contributed by atoms with Gasteiger partial charge in [-0.25, -0.2) is 9.78 Å². The zero-order chi connectivity index (χ0) is 13.0. The van der Waals surface area contributed by atoms with Gasteiger partial charge in [0, 0.05) is 10.6 Å². The third-order valence-corrected chi connectivity index (χ3v) is 3.30. The predicted molar refractivity (Wildman–Crippen MR) is 70.9 cm³/mol. The van der Waals surface area contributed by atoms with Crippen LogP contribution >= 0.6 is 11.8 Å². The molecule has 0 atom stereocenters. The number of esters is 1. The first kappa shape index (κ1) is 12.6. The Morgan fingerprint density at radius 3 is 2.50 bits per heavy atom. The first-order valence-corrected chi connectivity index (χ1v) is 6.30. The van der Waals surface area contributed by atoms with E-state index in [4.69, 9.17) is 0 Å². The van der Waals surface area contributed by atoms with E-state index in [1.165, 1.54) is 7.11 Å². The molecule has 0 aliphatic carbocycles. The van der Waals surface area contributed by atoms with Crippen molar-refractivity contribution in [3.63, 3.8) is 0 Å². The number of nitrogens with zero attached hydrogens (tertiary/aromatic N) is 1. The number of rotatable bonds is 3. The lowest BCUT2D eigenvalue weighted by atomic mass is 10.2. The molecule has 0 saturated carbocycles. The number of hydrogen-bond acceptors (Lipinski definition) is 4. The molecule has 0 N–H and O–H groups in total. The number of ether oxygens (including phenoxy) is 1. The van der Waals surface area contributed by atoms with Crippen molar-refractivity contribution in [2.75, 3.05) is 7.11 Å². The third-order valence-electron chi connectivity index (χ3n) is 2.36. The van der Waals surface area contributed by atoms with Crippen LogP contribution in [-0.4, -0.2) is 18.1 Å². The molecule has 0 aliphatic heterocycles. The molecule has 0 saturated heterocycles. The summed E-state index contributed by atoms with van der Waals surface area (Å²) >= 11 is 1.57. The van der Waals surface area contributed by atoms with Crippen LogP contribution in [0.5, 0.6) is 0 Å². The van der Waals surface area contributed by atoms with Gasteiger partial charge < -0.3 is 4.74 Å². The molecular weight excluding hydrogens is 246 g/mol. The minimum Gasteiger partial charge on any atom is -0.465 e. The lowest BCUT2D eigenvalue weighted by molar-refractivity contribution is 0.0600. The van der Waals surface area contributed by atoms with Crippen LogP contribution in [0.15, 0.2) is 52.4 Å². The summed E-state index contributed by atoms with van der Waals surface area (Å²) in [7, 11) is 1.38. The first-order chi connectivity index (χ1) is 8.69. The number of carbonyl (C=O) groups excluding carboxylic acids is 1. The van der Waals surface area contributed by atoms with E-state index >= 15 is 0 Å². The average Bonchev–Trinajstić information content (AvgIpc) is 2.39. The Morgan fingerprint density at radius 1 is 1.17 bits per heavy atom. The van der Waals surface area contributed by atoms with Crippen molar-refractivity contribution < 1.29 is 9.53 Å². The zero-order valence-electron chi connectivity index (χ0n) is 10.2. The van der Waals surface area contributed by atoms with E-state index < -0.39 is 0 Å². The van der Waals surface area contributed by atoms with Gasteiger partial charge in [0.2, 0.25) is 0 Å². The third kappa shape index (κ3) is 3.11. The van der Waals surface area contributed by atoms with E-state index in [0.717, 1.165) is 15.6 Å². The number of aryl methyl sites for hydroxylation is 1. The molecule has 3 nitrogen and oxygen atoms in total. The highest BCUT2D eigenvalue weighted by molar-refractivity contribution is 7.99. The summed E-state index contributed by atoms with van der Waals surface area (Å²) in [4.78, 5) is 16.7. The number of carbonyl (C=O) groups is 1. The Hall–Kier alpha value is -1.81. The van der Waals surface area contributed by atoms with Gasteiger partial charge in [-0.2, -0.15) is 0 Å². The van der Waals surface area contributed by atoms with E-state index in [-0.39, 0.29) is 5.97 Å². The van der Waals surface area contributed by atoms with E-state index in [0.29, 0.717) is 5.56 Å². The van der Waals surface area contributed by atoms with Gasteiger partial charge in [0.25, 0.3) is 0 Å². The number of hydrogen-bond donors (Lipinski definition) is 0. The standard InChI is InChI=1S/C14H13NO2S/c1-10-4-3-5-13(15-10)18-12-8-6-11(7-9-12)14(16)17-2/h3-9H,1-2H3. The van der Waals surface area contributed by atoms with Crippen LogP contribution < -0.4 is 0 Å². The number of aromatic nitrogens is 1. The average molecular weight is 259 g/mol. The molecule has 0 spiro atoms. The SMILES string of the molecule is COC(=O)c1ccc(Sc2cccc(C)n2)cc1. The minimum atomic E-state index is -0.319. The molecule has 1 aromatic carbocycles. The molecule has 1 heterocycles. The first-order valence-electron chi connectivity index (χ1n) is 5.49. The Labute approximate surface area is 110 Å². The van der Waals surface area contributed by atoms with E-state index in [2.05, 4.69) is 9.72 Å². The predicted octanol–water partition coefficient (Wildman–Crippen LogP) is 3.33. The molecule has 0 unspecified atom stereocenters. The second-order valence-electron chi connectivity index (χ2n) is 3.74. The number of pyridine rings is 1. The maximum absolute atomic E-state index is 11.3. The maximum Gasteiger partial charge on any atom is 0.337 e. The fraction of sp³-hybridized carbons (Fsp3) is 0.143. The molecule has 92 valence electrons. The van der Waals surface area contributed by atoms with Gasteiger partial charge in [-0.1, -0.05) is 17.8 Å². The quantitative estimate of drug-likeness (QED) is 0.793. The van der Waals surface area contributed by atoms with Crippen molar-refractivity contribution in [1.29, 1.82) is 0 Å². The maximum atomic E-state index is 11.3. The smallest absolute Gasteiger partial charge is 0.337 e. The lowest BCUT2D eigenvalue weighted by Crippen LogP contribution is -2.00. The Morgan fingerprint density at radius 2 is 1.89 bits per heavy atom. The van der Waals surface area contributed by atoms with Crippen molar-refractivity contribution >= 4 is 17.7 Å². The van der Waals surface area contributed by atoms with Crippen LogP contribution in [0.4, 0.5) is 0 Å². The van der Waals surface area contributed by atoms with Crippen molar-refractivity contribution in [2.45, 2.75) is 16.8 Å². The fourth-order valence-corrected chi connectivity index (χ4v) is 2.32. The minimum absolute atomic E-state index is 0.319. The van der Waals surface area contributed by atoms with Gasteiger partial charge in [-0.3, -0.25) is 0 Å². The van der Waals surface area contributed by atoms with Crippen LogP contribution in [-0.2, 0) is 4.74 Å². The molecule has 2 rings (SSSR count). The molecular formula is C14H13NO2S. The van der Waals surface area contributed by atoms with E-state index in [1.807, 2.05) is 37.3 Å². The van der Waals surface area contributed by atoms with Crippen molar-refractivity contribution in [3.05, 3.63) is 53.7 Å². The van der Waals surface area contributed by atoms with Crippen LogP contribution in [0.2, 0.25) is 0 Å². The summed E-state index contributed by atoms with van der Waals surface area (Å²) in [6.07, 6.45) is 0. The van der Waals surface area contributed by atoms with Gasteiger partial charge in [-0.15, -0.1) is 0 Å². The zero-order valence-corrected chi connectivity index (χ0v) is 11.0. The molecule has 0 radical (unpaired) electrons. The van der Waals surface area contributed by atoms with Crippen molar-refractivity contribution in [2.24, 2.45) is 0 Å².